The molecule has 0 fully saturated rings. The van der Waals surface area contributed by atoms with E-state index in [4.69, 9.17) is 16.6 Å². The molecule has 0 aliphatic heterocycles. The number of carboxylic acid groups (broad SMARTS) is 1. The zero-order valence-corrected chi connectivity index (χ0v) is 6.33. The Morgan fingerprint density at radius 2 is 2.00 bits per heavy atom. The Morgan fingerprint density at radius 1 is 1.55 bits per heavy atom. The minimum atomic E-state index is -1.80. The topological polar surface area (TPSA) is 106 Å². The first-order valence-electron chi connectivity index (χ1n) is 3.24. The molecule has 0 saturated carbocycles. The predicted molar refractivity (Wildman–Crippen MR) is 38.9 cm³/mol. The van der Waals surface area contributed by atoms with Gasteiger partial charge in [0.25, 0.3) is 0 Å². The lowest BCUT2D eigenvalue weighted by atomic mass is 9.92. The van der Waals surface area contributed by atoms with Crippen LogP contribution in [0.5, 0.6) is 0 Å². The minimum Gasteiger partial charge on any atom is -0.480 e. The van der Waals surface area contributed by atoms with Crippen LogP contribution in [-0.2, 0) is 9.59 Å². The van der Waals surface area contributed by atoms with Crippen LogP contribution in [0.2, 0.25) is 0 Å². The molecule has 0 aliphatic carbocycles. The van der Waals surface area contributed by atoms with E-state index in [1.807, 2.05) is 0 Å². The van der Waals surface area contributed by atoms with Crippen molar-refractivity contribution >= 4 is 11.8 Å². The largest absolute Gasteiger partial charge is 0.480 e. The maximum absolute atomic E-state index is 10.9. The van der Waals surface area contributed by atoms with Crippen molar-refractivity contribution in [3.63, 3.8) is 0 Å². The number of rotatable bonds is 4. The van der Waals surface area contributed by atoms with Gasteiger partial charge in [0.05, 0.1) is 6.54 Å². The molecule has 64 valence electrons. The van der Waals surface area contributed by atoms with Crippen LogP contribution in [0, 0.1) is 0 Å². The number of nitrogens with two attached hydrogens (primary N) is 2. The lowest BCUT2D eigenvalue weighted by Crippen LogP contribution is -2.56. The smallest absolute Gasteiger partial charge is 0.331 e. The summed E-state index contributed by atoms with van der Waals surface area (Å²) in [6.45, 7) is 1.19. The van der Waals surface area contributed by atoms with Crippen molar-refractivity contribution < 1.29 is 14.7 Å². The number of ketones is 1. The third-order valence-corrected chi connectivity index (χ3v) is 1.62. The Balaban J connectivity index is 4.59. The third-order valence-electron chi connectivity index (χ3n) is 1.62. The molecule has 0 radical (unpaired) electrons. The minimum absolute atomic E-state index is 0.0539. The van der Waals surface area contributed by atoms with Crippen LogP contribution >= 0.6 is 0 Å². The van der Waals surface area contributed by atoms with Gasteiger partial charge in [-0.3, -0.25) is 4.79 Å². The molecule has 5 N–H and O–H groups in total. The lowest BCUT2D eigenvalue weighted by Gasteiger charge is -2.19. The second-order valence-electron chi connectivity index (χ2n) is 2.26. The fourth-order valence-corrected chi connectivity index (χ4v) is 0.650. The van der Waals surface area contributed by atoms with Crippen LogP contribution in [0.15, 0.2) is 0 Å². The van der Waals surface area contributed by atoms with E-state index in [-0.39, 0.29) is 13.0 Å². The van der Waals surface area contributed by atoms with Gasteiger partial charge in [0.1, 0.15) is 0 Å². The zero-order valence-electron chi connectivity index (χ0n) is 6.33. The zero-order chi connectivity index (χ0) is 9.07. The molecule has 11 heavy (non-hydrogen) atoms. The van der Waals surface area contributed by atoms with Crippen molar-refractivity contribution in [2.24, 2.45) is 11.5 Å². The summed E-state index contributed by atoms with van der Waals surface area (Å²) in [5.74, 6) is -1.97. The number of hydrogen-bond donors (Lipinski definition) is 3. The first-order valence-corrected chi connectivity index (χ1v) is 3.24. The molecule has 0 aromatic carbocycles. The average molecular weight is 160 g/mol. The van der Waals surface area contributed by atoms with Crippen LogP contribution in [0.3, 0.4) is 0 Å². The van der Waals surface area contributed by atoms with E-state index in [1.165, 1.54) is 6.92 Å². The number of carboxylic acids is 1. The van der Waals surface area contributed by atoms with E-state index in [1.54, 1.807) is 0 Å². The molecule has 0 saturated heterocycles. The Labute approximate surface area is 64.4 Å². The molecule has 0 bridgehead atoms. The van der Waals surface area contributed by atoms with E-state index in [2.05, 4.69) is 0 Å². The highest BCUT2D eigenvalue weighted by molar-refractivity contribution is 6.08. The quantitative estimate of drug-likeness (QED) is 0.443. The van der Waals surface area contributed by atoms with Crippen molar-refractivity contribution in [2.45, 2.75) is 18.9 Å². The fraction of sp³-hybridized carbons (Fsp3) is 0.667. The molecule has 0 aromatic rings. The maximum Gasteiger partial charge on any atom is 0.331 e. The molecular formula is C6H12N2O3. The van der Waals surface area contributed by atoms with Crippen molar-refractivity contribution in [3.8, 4) is 0 Å². The summed E-state index contributed by atoms with van der Waals surface area (Å²) in [5, 5.41) is 8.53. The number of hydrogen-bond acceptors (Lipinski definition) is 4. The molecule has 0 amide bonds. The number of aliphatic carboxylic acids is 1. The van der Waals surface area contributed by atoms with E-state index < -0.39 is 17.3 Å². The summed E-state index contributed by atoms with van der Waals surface area (Å²) < 4.78 is 0. The van der Waals surface area contributed by atoms with Crippen molar-refractivity contribution in [2.75, 3.05) is 6.54 Å². The Bertz CT molecular complexity index is 181. The monoisotopic (exact) mass is 160 g/mol. The SMILES string of the molecule is CCC(N)(C(=O)O)C(=O)CN. The van der Waals surface area contributed by atoms with Gasteiger partial charge in [-0.25, -0.2) is 4.79 Å². The van der Waals surface area contributed by atoms with E-state index in [0.29, 0.717) is 0 Å². The maximum atomic E-state index is 10.9. The van der Waals surface area contributed by atoms with Crippen molar-refractivity contribution in [1.82, 2.24) is 0 Å². The Morgan fingerprint density at radius 3 is 2.09 bits per heavy atom. The van der Waals surface area contributed by atoms with Crippen LogP contribution in [0.1, 0.15) is 13.3 Å². The second kappa shape index (κ2) is 3.45. The standard InChI is InChI=1S/C6H12N2O3/c1-2-6(8,5(10)11)4(9)3-7/h2-3,7-8H2,1H3,(H,10,11). The summed E-state index contributed by atoms with van der Waals surface area (Å²) in [5.41, 5.74) is 8.45. The van der Waals surface area contributed by atoms with E-state index in [9.17, 15) is 9.59 Å². The van der Waals surface area contributed by atoms with Crippen LogP contribution in [0.4, 0.5) is 0 Å². The molecule has 0 spiro atoms. The highest BCUT2D eigenvalue weighted by Crippen LogP contribution is 2.06. The van der Waals surface area contributed by atoms with Crippen LogP contribution in [-0.4, -0.2) is 28.9 Å². The second-order valence-corrected chi connectivity index (χ2v) is 2.26. The highest BCUT2D eigenvalue weighted by atomic mass is 16.4. The molecule has 1 unspecified atom stereocenters. The first-order chi connectivity index (χ1) is 4.99. The summed E-state index contributed by atoms with van der Waals surface area (Å²) in [7, 11) is 0. The summed E-state index contributed by atoms with van der Waals surface area (Å²) in [6, 6.07) is 0. The Hall–Kier alpha value is -0.940. The summed E-state index contributed by atoms with van der Waals surface area (Å²) >= 11 is 0. The molecule has 0 heterocycles. The number of Topliss-reactive ketones (excluding diaryl/α,β-unsaturated/α-hetero) is 1. The van der Waals surface area contributed by atoms with Crippen molar-refractivity contribution in [1.29, 1.82) is 0 Å². The van der Waals surface area contributed by atoms with Gasteiger partial charge in [0, 0.05) is 0 Å². The van der Waals surface area contributed by atoms with Crippen LogP contribution in [0.25, 0.3) is 0 Å². The average Bonchev–Trinajstić information content (AvgIpc) is 2.01. The Kier molecular flexibility index (Phi) is 3.16. The lowest BCUT2D eigenvalue weighted by molar-refractivity contribution is -0.148. The molecular weight excluding hydrogens is 148 g/mol. The molecule has 0 aromatic heterocycles. The van der Waals surface area contributed by atoms with Crippen LogP contribution < -0.4 is 11.5 Å². The van der Waals surface area contributed by atoms with Crippen molar-refractivity contribution in [3.05, 3.63) is 0 Å². The van der Waals surface area contributed by atoms with Gasteiger partial charge in [-0.1, -0.05) is 6.92 Å². The van der Waals surface area contributed by atoms with Gasteiger partial charge in [0.15, 0.2) is 11.3 Å². The van der Waals surface area contributed by atoms with E-state index in [0.717, 1.165) is 0 Å². The van der Waals surface area contributed by atoms with E-state index >= 15 is 0 Å². The van der Waals surface area contributed by atoms with Gasteiger partial charge in [-0.15, -0.1) is 0 Å². The van der Waals surface area contributed by atoms with Gasteiger partial charge in [0.2, 0.25) is 0 Å². The first kappa shape index (κ1) is 10.1. The molecule has 0 rings (SSSR count). The summed E-state index contributed by atoms with van der Waals surface area (Å²) in [4.78, 5) is 21.3. The molecule has 1 atom stereocenters. The molecule has 0 aliphatic rings. The summed E-state index contributed by atoms with van der Waals surface area (Å²) in [6.07, 6.45) is 0.0539. The number of carbonyl (C=O) groups excluding carboxylic acids is 1. The van der Waals surface area contributed by atoms with Gasteiger partial charge < -0.3 is 16.6 Å². The predicted octanol–water partition coefficient (Wildman–Crippen LogP) is -1.29. The fourth-order valence-electron chi connectivity index (χ4n) is 0.650. The molecule has 5 heteroatoms. The van der Waals surface area contributed by atoms with Gasteiger partial charge >= 0.3 is 5.97 Å². The third kappa shape index (κ3) is 1.75. The number of carbonyl (C=O) groups is 2. The van der Waals surface area contributed by atoms with Gasteiger partial charge in [-0.2, -0.15) is 0 Å². The van der Waals surface area contributed by atoms with Gasteiger partial charge in [-0.05, 0) is 6.42 Å². The highest BCUT2D eigenvalue weighted by Gasteiger charge is 2.38. The normalized spacial score (nSPS) is 15.5. The molecule has 5 nitrogen and oxygen atoms in total.